The Balaban J connectivity index is 1.62. The first-order valence-corrected chi connectivity index (χ1v) is 9.42. The van der Waals surface area contributed by atoms with Crippen molar-refractivity contribution in [3.05, 3.63) is 74.7 Å². The number of nitrogens with zero attached hydrogens (tertiary/aromatic N) is 1. The lowest BCUT2D eigenvalue weighted by Gasteiger charge is -2.04. The minimum Gasteiger partial charge on any atom is -0.497 e. The Morgan fingerprint density at radius 2 is 2.08 bits per heavy atom. The van der Waals surface area contributed by atoms with Gasteiger partial charge in [0.05, 0.1) is 13.5 Å². The summed E-state index contributed by atoms with van der Waals surface area (Å²) in [5.41, 5.74) is 1.81. The maximum atomic E-state index is 12.2. The Hall–Kier alpha value is -2.08. The molecule has 0 saturated carbocycles. The zero-order valence-electron chi connectivity index (χ0n) is 14.0. The second-order valence-corrected chi connectivity index (χ2v) is 7.58. The van der Waals surface area contributed by atoms with Crippen molar-refractivity contribution in [1.29, 1.82) is 0 Å². The molecule has 1 aromatic heterocycles. The van der Waals surface area contributed by atoms with Crippen LogP contribution >= 0.6 is 34.5 Å². The zero-order chi connectivity index (χ0) is 18.5. The average molecular weight is 407 g/mol. The fourth-order valence-corrected chi connectivity index (χ4v) is 3.68. The summed E-state index contributed by atoms with van der Waals surface area (Å²) in [7, 11) is 1.60. The van der Waals surface area contributed by atoms with Crippen LogP contribution in [0.3, 0.4) is 0 Å². The lowest BCUT2D eigenvalue weighted by Crippen LogP contribution is -2.14. The van der Waals surface area contributed by atoms with Crippen LogP contribution in [0, 0.1) is 0 Å². The molecule has 1 heterocycles. The summed E-state index contributed by atoms with van der Waals surface area (Å²) in [5, 5.41) is 4.69. The second-order valence-electron chi connectivity index (χ2n) is 5.62. The number of anilines is 1. The second kappa shape index (κ2) is 8.54. The lowest BCUT2D eigenvalue weighted by atomic mass is 10.1. The Morgan fingerprint density at radius 3 is 2.88 bits per heavy atom. The van der Waals surface area contributed by atoms with Crippen molar-refractivity contribution < 1.29 is 9.53 Å². The van der Waals surface area contributed by atoms with E-state index in [1.807, 2.05) is 30.3 Å². The minimum absolute atomic E-state index is 0.125. The molecule has 1 amide bonds. The van der Waals surface area contributed by atoms with E-state index in [1.165, 1.54) is 11.3 Å². The number of benzene rings is 2. The van der Waals surface area contributed by atoms with Crippen molar-refractivity contribution >= 4 is 45.6 Å². The topological polar surface area (TPSA) is 51.2 Å². The summed E-state index contributed by atoms with van der Waals surface area (Å²) >= 11 is 13.6. The molecule has 134 valence electrons. The molecule has 2 aromatic carbocycles. The first-order chi connectivity index (χ1) is 12.5. The van der Waals surface area contributed by atoms with Crippen LogP contribution in [0.15, 0.2) is 48.7 Å². The molecule has 0 radical (unpaired) electrons. The number of hydrogen-bond donors (Lipinski definition) is 1. The highest BCUT2D eigenvalue weighted by molar-refractivity contribution is 7.15. The molecule has 0 saturated heterocycles. The molecule has 3 rings (SSSR count). The minimum atomic E-state index is -0.125. The van der Waals surface area contributed by atoms with Crippen molar-refractivity contribution in [3.8, 4) is 5.75 Å². The van der Waals surface area contributed by atoms with Crippen LogP contribution in [0.4, 0.5) is 5.13 Å². The number of carbonyl (C=O) groups is 1. The molecule has 0 unspecified atom stereocenters. The van der Waals surface area contributed by atoms with E-state index in [4.69, 9.17) is 27.9 Å². The highest BCUT2D eigenvalue weighted by Crippen LogP contribution is 2.27. The first-order valence-electron chi connectivity index (χ1n) is 7.85. The van der Waals surface area contributed by atoms with Gasteiger partial charge in [-0.05, 0) is 41.5 Å². The fourth-order valence-electron chi connectivity index (χ4n) is 2.44. The van der Waals surface area contributed by atoms with Crippen LogP contribution in [-0.4, -0.2) is 18.0 Å². The van der Waals surface area contributed by atoms with E-state index in [1.54, 1.807) is 25.4 Å². The third-order valence-corrected chi connectivity index (χ3v) is 5.19. The Labute approximate surface area is 165 Å². The average Bonchev–Trinajstić information content (AvgIpc) is 3.05. The van der Waals surface area contributed by atoms with Gasteiger partial charge in [-0.2, -0.15) is 0 Å². The SMILES string of the molecule is COc1cccc(CC(=O)Nc2ncc(Cc3cc(Cl)ccc3Cl)s2)c1. The van der Waals surface area contributed by atoms with E-state index in [0.29, 0.717) is 21.6 Å². The predicted molar refractivity (Wildman–Crippen MR) is 107 cm³/mol. The Bertz CT molecular complexity index is 927. The van der Waals surface area contributed by atoms with Gasteiger partial charge in [0.15, 0.2) is 5.13 Å². The van der Waals surface area contributed by atoms with E-state index in [9.17, 15) is 4.79 Å². The van der Waals surface area contributed by atoms with Gasteiger partial charge in [0, 0.05) is 27.5 Å². The molecule has 0 aliphatic heterocycles. The van der Waals surface area contributed by atoms with E-state index >= 15 is 0 Å². The number of hydrogen-bond acceptors (Lipinski definition) is 4. The van der Waals surface area contributed by atoms with Crippen LogP contribution in [0.5, 0.6) is 5.75 Å². The van der Waals surface area contributed by atoms with Gasteiger partial charge in [-0.1, -0.05) is 35.3 Å². The van der Waals surface area contributed by atoms with E-state index in [-0.39, 0.29) is 12.3 Å². The predicted octanol–water partition coefficient (Wildman–Crippen LogP) is 5.23. The Morgan fingerprint density at radius 1 is 1.23 bits per heavy atom. The normalized spacial score (nSPS) is 10.6. The maximum absolute atomic E-state index is 12.2. The number of ether oxygens (including phenoxy) is 1. The molecule has 3 aromatic rings. The summed E-state index contributed by atoms with van der Waals surface area (Å²) in [6.07, 6.45) is 2.61. The standard InChI is InChI=1S/C19H16Cl2N2O2S/c1-25-15-4-2-3-12(7-15)8-18(24)23-19-22-11-16(26-19)10-13-9-14(20)5-6-17(13)21/h2-7,9,11H,8,10H2,1H3,(H,22,23,24). The summed E-state index contributed by atoms with van der Waals surface area (Å²) < 4.78 is 5.17. The van der Waals surface area contributed by atoms with Crippen molar-refractivity contribution in [2.75, 3.05) is 12.4 Å². The van der Waals surface area contributed by atoms with Gasteiger partial charge < -0.3 is 10.1 Å². The molecule has 0 bridgehead atoms. The number of amides is 1. The quantitative estimate of drug-likeness (QED) is 0.609. The van der Waals surface area contributed by atoms with Gasteiger partial charge in [0.1, 0.15) is 5.75 Å². The molecule has 0 aliphatic carbocycles. The number of thiazole rings is 1. The summed E-state index contributed by atoms with van der Waals surface area (Å²) in [4.78, 5) is 17.5. The van der Waals surface area contributed by atoms with Crippen molar-refractivity contribution in [1.82, 2.24) is 4.98 Å². The first kappa shape index (κ1) is 18.7. The van der Waals surface area contributed by atoms with Crippen LogP contribution in [-0.2, 0) is 17.6 Å². The number of methoxy groups -OCH3 is 1. The Kier molecular flexibility index (Phi) is 6.14. The van der Waals surface area contributed by atoms with Gasteiger partial charge >= 0.3 is 0 Å². The van der Waals surface area contributed by atoms with Gasteiger partial charge in [-0.3, -0.25) is 4.79 Å². The third-order valence-electron chi connectivity index (χ3n) is 3.67. The number of nitrogens with one attached hydrogen (secondary N) is 1. The van der Waals surface area contributed by atoms with Gasteiger partial charge in [-0.15, -0.1) is 11.3 Å². The zero-order valence-corrected chi connectivity index (χ0v) is 16.3. The summed E-state index contributed by atoms with van der Waals surface area (Å²) in [6, 6.07) is 12.8. The molecular weight excluding hydrogens is 391 g/mol. The van der Waals surface area contributed by atoms with Crippen molar-refractivity contribution in [2.24, 2.45) is 0 Å². The van der Waals surface area contributed by atoms with E-state index in [2.05, 4.69) is 10.3 Å². The molecule has 4 nitrogen and oxygen atoms in total. The highest BCUT2D eigenvalue weighted by Gasteiger charge is 2.10. The van der Waals surface area contributed by atoms with Gasteiger partial charge in [-0.25, -0.2) is 4.98 Å². The van der Waals surface area contributed by atoms with Crippen LogP contribution < -0.4 is 10.1 Å². The van der Waals surface area contributed by atoms with Gasteiger partial charge in [0.2, 0.25) is 5.91 Å². The number of aromatic nitrogens is 1. The smallest absolute Gasteiger partial charge is 0.230 e. The summed E-state index contributed by atoms with van der Waals surface area (Å²) in [5.74, 6) is 0.602. The highest BCUT2D eigenvalue weighted by atomic mass is 35.5. The molecular formula is C19H16Cl2N2O2S. The largest absolute Gasteiger partial charge is 0.497 e. The molecule has 0 fully saturated rings. The number of carbonyl (C=O) groups excluding carboxylic acids is 1. The molecule has 0 spiro atoms. The molecule has 0 atom stereocenters. The molecule has 0 aliphatic rings. The van der Waals surface area contributed by atoms with Crippen LogP contribution in [0.25, 0.3) is 0 Å². The third kappa shape index (κ3) is 4.97. The van der Waals surface area contributed by atoms with E-state index < -0.39 is 0 Å². The fraction of sp³-hybridized carbons (Fsp3) is 0.158. The number of halogens is 2. The molecule has 1 N–H and O–H groups in total. The molecule has 26 heavy (non-hydrogen) atoms. The number of rotatable bonds is 6. The monoisotopic (exact) mass is 406 g/mol. The van der Waals surface area contributed by atoms with Gasteiger partial charge in [0.25, 0.3) is 0 Å². The maximum Gasteiger partial charge on any atom is 0.230 e. The van der Waals surface area contributed by atoms with Crippen LogP contribution in [0.2, 0.25) is 10.0 Å². The lowest BCUT2D eigenvalue weighted by molar-refractivity contribution is -0.115. The van der Waals surface area contributed by atoms with Crippen LogP contribution in [0.1, 0.15) is 16.0 Å². The van der Waals surface area contributed by atoms with E-state index in [0.717, 1.165) is 21.8 Å². The summed E-state index contributed by atoms with van der Waals surface area (Å²) in [6.45, 7) is 0. The van der Waals surface area contributed by atoms with Crippen molar-refractivity contribution in [2.45, 2.75) is 12.8 Å². The van der Waals surface area contributed by atoms with Crippen molar-refractivity contribution in [3.63, 3.8) is 0 Å². The molecule has 7 heteroatoms.